The van der Waals surface area contributed by atoms with Gasteiger partial charge in [0, 0.05) is 15.8 Å². The Morgan fingerprint density at radius 2 is 2.00 bits per heavy atom. The second-order valence-corrected chi connectivity index (χ2v) is 5.07. The summed E-state index contributed by atoms with van der Waals surface area (Å²) in [6.07, 6.45) is 1.07. The normalized spacial score (nSPS) is 10.5. The number of sulfone groups is 1. The lowest BCUT2D eigenvalue weighted by Crippen LogP contribution is -1.90. The third-order valence-corrected chi connectivity index (χ3v) is 2.52. The highest BCUT2D eigenvalue weighted by Crippen LogP contribution is 2.17. The van der Waals surface area contributed by atoms with Crippen LogP contribution in [0.25, 0.3) is 0 Å². The van der Waals surface area contributed by atoms with Crippen molar-refractivity contribution in [3.63, 3.8) is 0 Å². The molecule has 0 aliphatic carbocycles. The van der Waals surface area contributed by atoms with Crippen LogP contribution >= 0.6 is 11.6 Å². The minimum Gasteiger partial charge on any atom is -0.216 e. The summed E-state index contributed by atoms with van der Waals surface area (Å²) < 4.78 is 21.6. The molecule has 1 aromatic carbocycles. The molecule has 0 fully saturated rings. The molecule has 0 saturated carbocycles. The zero-order chi connectivity index (χ0) is 10.8. The first kappa shape index (κ1) is 11.1. The van der Waals surface area contributed by atoms with Gasteiger partial charge in [-0.2, -0.15) is 0 Å². The molecule has 0 aliphatic heterocycles. The summed E-state index contributed by atoms with van der Waals surface area (Å²) in [5, 5.41) is 2.76. The summed E-state index contributed by atoms with van der Waals surface area (Å²) in [4.78, 5) is 0. The van der Waals surface area contributed by atoms with Crippen molar-refractivity contribution in [2.75, 3.05) is 6.26 Å². The molecule has 1 aromatic rings. The Morgan fingerprint density at radius 1 is 1.36 bits per heavy atom. The fourth-order valence-electron chi connectivity index (χ4n) is 0.891. The van der Waals surface area contributed by atoms with Gasteiger partial charge in [-0.1, -0.05) is 17.7 Å². The van der Waals surface area contributed by atoms with Gasteiger partial charge in [-0.15, -0.1) is 0 Å². The highest BCUT2D eigenvalue weighted by molar-refractivity contribution is 7.95. The van der Waals surface area contributed by atoms with Gasteiger partial charge in [-0.25, -0.2) is 8.42 Å². The molecule has 0 spiro atoms. The lowest BCUT2D eigenvalue weighted by atomic mass is 10.1. The standard InChI is InChI=1S/C10H9ClO2S/c1-8-9(4-3-5-10(8)11)6-7-14(2,12)13/h3-5H,1-2H3. The summed E-state index contributed by atoms with van der Waals surface area (Å²) >= 11 is 5.85. The minimum atomic E-state index is -3.26. The van der Waals surface area contributed by atoms with E-state index in [0.717, 1.165) is 11.8 Å². The summed E-state index contributed by atoms with van der Waals surface area (Å²) in [6.45, 7) is 1.80. The fourth-order valence-corrected chi connectivity index (χ4v) is 1.36. The van der Waals surface area contributed by atoms with E-state index in [2.05, 4.69) is 11.2 Å². The van der Waals surface area contributed by atoms with E-state index in [1.54, 1.807) is 25.1 Å². The summed E-state index contributed by atoms with van der Waals surface area (Å²) in [5.74, 6) is 2.57. The maximum Gasteiger partial charge on any atom is 0.214 e. The molecule has 0 atom stereocenters. The van der Waals surface area contributed by atoms with Gasteiger partial charge >= 0.3 is 0 Å². The van der Waals surface area contributed by atoms with E-state index < -0.39 is 9.84 Å². The van der Waals surface area contributed by atoms with E-state index in [1.807, 2.05) is 0 Å². The maximum atomic E-state index is 10.8. The quantitative estimate of drug-likeness (QED) is 0.637. The van der Waals surface area contributed by atoms with E-state index in [-0.39, 0.29) is 0 Å². The Labute approximate surface area is 88.8 Å². The van der Waals surface area contributed by atoms with E-state index in [4.69, 9.17) is 11.6 Å². The largest absolute Gasteiger partial charge is 0.216 e. The van der Waals surface area contributed by atoms with Crippen LogP contribution in [0.5, 0.6) is 0 Å². The second kappa shape index (κ2) is 4.04. The van der Waals surface area contributed by atoms with Crippen molar-refractivity contribution < 1.29 is 8.42 Å². The van der Waals surface area contributed by atoms with Crippen molar-refractivity contribution in [3.05, 3.63) is 34.3 Å². The SMILES string of the molecule is Cc1c(Cl)cccc1C#CS(C)(=O)=O. The molecule has 0 amide bonds. The summed E-state index contributed by atoms with van der Waals surface area (Å²) in [6, 6.07) is 5.21. The smallest absolute Gasteiger partial charge is 0.214 e. The number of rotatable bonds is 0. The van der Waals surface area contributed by atoms with Crippen molar-refractivity contribution >= 4 is 21.4 Å². The molecule has 2 nitrogen and oxygen atoms in total. The van der Waals surface area contributed by atoms with Crippen LogP contribution in [0, 0.1) is 18.1 Å². The number of hydrogen-bond acceptors (Lipinski definition) is 2. The van der Waals surface area contributed by atoms with Gasteiger partial charge in [0.05, 0.1) is 6.26 Å². The molecule has 74 valence electrons. The van der Waals surface area contributed by atoms with Crippen LogP contribution in [0.2, 0.25) is 5.02 Å². The molecule has 14 heavy (non-hydrogen) atoms. The zero-order valence-corrected chi connectivity index (χ0v) is 9.41. The first-order valence-electron chi connectivity index (χ1n) is 3.88. The molecule has 0 unspecified atom stereocenters. The molecule has 0 bridgehead atoms. The number of benzene rings is 1. The zero-order valence-electron chi connectivity index (χ0n) is 7.83. The molecule has 0 N–H and O–H groups in total. The van der Waals surface area contributed by atoms with Gasteiger partial charge < -0.3 is 0 Å². The van der Waals surface area contributed by atoms with Crippen LogP contribution in [-0.2, 0) is 9.84 Å². The Kier molecular flexibility index (Phi) is 3.20. The van der Waals surface area contributed by atoms with E-state index in [0.29, 0.717) is 10.6 Å². The van der Waals surface area contributed by atoms with Crippen molar-refractivity contribution in [1.82, 2.24) is 0 Å². The van der Waals surface area contributed by atoms with Gasteiger partial charge in [-0.3, -0.25) is 0 Å². The third kappa shape index (κ3) is 3.06. The summed E-state index contributed by atoms with van der Waals surface area (Å²) in [5.41, 5.74) is 1.44. The average molecular weight is 229 g/mol. The van der Waals surface area contributed by atoms with Crippen LogP contribution in [-0.4, -0.2) is 14.7 Å². The highest BCUT2D eigenvalue weighted by Gasteiger charge is 1.99. The predicted molar refractivity (Wildman–Crippen MR) is 57.9 cm³/mol. The van der Waals surface area contributed by atoms with Crippen LogP contribution in [0.1, 0.15) is 11.1 Å². The molecule has 0 aliphatic rings. The number of halogens is 1. The second-order valence-electron chi connectivity index (χ2n) is 2.91. The van der Waals surface area contributed by atoms with E-state index in [1.165, 1.54) is 0 Å². The van der Waals surface area contributed by atoms with Crippen molar-refractivity contribution in [2.45, 2.75) is 6.92 Å². The molecule has 0 saturated heterocycles. The van der Waals surface area contributed by atoms with E-state index >= 15 is 0 Å². The van der Waals surface area contributed by atoms with Gasteiger partial charge in [-0.05, 0) is 30.5 Å². The Balaban J connectivity index is 3.21. The maximum absolute atomic E-state index is 10.8. The van der Waals surface area contributed by atoms with Gasteiger partial charge in [0.2, 0.25) is 9.84 Å². The lowest BCUT2D eigenvalue weighted by molar-refractivity contribution is 0.611. The van der Waals surface area contributed by atoms with Gasteiger partial charge in [0.15, 0.2) is 0 Å². The topological polar surface area (TPSA) is 34.1 Å². The molecule has 1 rings (SSSR count). The molecule has 0 radical (unpaired) electrons. The Hall–Kier alpha value is -0.980. The fraction of sp³-hybridized carbons (Fsp3) is 0.200. The summed E-state index contributed by atoms with van der Waals surface area (Å²) in [7, 11) is -3.26. The van der Waals surface area contributed by atoms with Gasteiger partial charge in [0.1, 0.15) is 0 Å². The minimum absolute atomic E-state index is 0.588. The van der Waals surface area contributed by atoms with Crippen molar-refractivity contribution in [1.29, 1.82) is 0 Å². The number of hydrogen-bond donors (Lipinski definition) is 0. The molecule has 0 heterocycles. The highest BCUT2D eigenvalue weighted by atomic mass is 35.5. The Morgan fingerprint density at radius 3 is 2.57 bits per heavy atom. The molecule has 0 aromatic heterocycles. The monoisotopic (exact) mass is 228 g/mol. The van der Waals surface area contributed by atoms with Crippen LogP contribution in [0.4, 0.5) is 0 Å². The lowest BCUT2D eigenvalue weighted by Gasteiger charge is -1.98. The van der Waals surface area contributed by atoms with Crippen LogP contribution in [0.3, 0.4) is 0 Å². The average Bonchev–Trinajstić information content (AvgIpc) is 2.06. The first-order valence-corrected chi connectivity index (χ1v) is 6.15. The predicted octanol–water partition coefficient (Wildman–Crippen LogP) is 2.00. The van der Waals surface area contributed by atoms with Gasteiger partial charge in [0.25, 0.3) is 0 Å². The van der Waals surface area contributed by atoms with Crippen molar-refractivity contribution in [2.24, 2.45) is 0 Å². The molecular weight excluding hydrogens is 220 g/mol. The molecular formula is C10H9ClO2S. The van der Waals surface area contributed by atoms with Crippen molar-refractivity contribution in [3.8, 4) is 11.2 Å². The van der Waals surface area contributed by atoms with Crippen LogP contribution < -0.4 is 0 Å². The van der Waals surface area contributed by atoms with Crippen LogP contribution in [0.15, 0.2) is 18.2 Å². The first-order chi connectivity index (χ1) is 6.40. The van der Waals surface area contributed by atoms with E-state index in [9.17, 15) is 8.42 Å². The third-order valence-electron chi connectivity index (χ3n) is 1.64. The Bertz CT molecular complexity index is 507. The molecule has 4 heteroatoms.